The largest absolute Gasteiger partial charge is 0.452 e. The normalized spacial score (nSPS) is 16.3. The van der Waals surface area contributed by atoms with Gasteiger partial charge in [-0.05, 0) is 17.2 Å². The van der Waals surface area contributed by atoms with E-state index in [4.69, 9.17) is 23.2 Å². The summed E-state index contributed by atoms with van der Waals surface area (Å²) in [5.74, 6) is -0.684. The summed E-state index contributed by atoms with van der Waals surface area (Å²) in [6.45, 7) is 1.16. The highest BCUT2D eigenvalue weighted by molar-refractivity contribution is 6.32. The van der Waals surface area contributed by atoms with Gasteiger partial charge in [0, 0.05) is 6.92 Å². The van der Waals surface area contributed by atoms with Crippen molar-refractivity contribution in [2.24, 2.45) is 0 Å². The Morgan fingerprint density at radius 3 is 2.50 bits per heavy atom. The summed E-state index contributed by atoms with van der Waals surface area (Å²) < 4.78 is 44.4. The van der Waals surface area contributed by atoms with Crippen LogP contribution in [0.4, 0.5) is 0 Å². The van der Waals surface area contributed by atoms with Gasteiger partial charge in [-0.3, -0.25) is 4.79 Å². The summed E-state index contributed by atoms with van der Waals surface area (Å²) in [7, 11) is 0. The molecule has 0 fully saturated rings. The minimum atomic E-state index is -1.30. The van der Waals surface area contributed by atoms with Crippen LogP contribution in [0.5, 0.6) is 0 Å². The van der Waals surface area contributed by atoms with Gasteiger partial charge in [-0.15, -0.1) is 0 Å². The minimum absolute atomic E-state index is 0.0277. The molecule has 0 saturated carbocycles. The molecular weight excluding hydrogens is 272 g/mol. The zero-order valence-corrected chi connectivity index (χ0v) is 11.5. The van der Waals surface area contributed by atoms with E-state index in [9.17, 15) is 4.79 Å². The van der Waals surface area contributed by atoms with Gasteiger partial charge in [-0.1, -0.05) is 72.1 Å². The number of halogens is 1. The van der Waals surface area contributed by atoms with Crippen LogP contribution in [0, 0.1) is 0 Å². The summed E-state index contributed by atoms with van der Waals surface area (Å²) in [4.78, 5) is 11.5. The Balaban J connectivity index is 2.64. The van der Waals surface area contributed by atoms with Crippen LogP contribution in [-0.2, 0) is 9.53 Å². The fraction of sp³-hybridized carbons (Fsp3) is 0.118. The summed E-state index contributed by atoms with van der Waals surface area (Å²) in [6.07, 6.45) is 0.226. The lowest BCUT2D eigenvalue weighted by Gasteiger charge is -2.17. The third kappa shape index (κ3) is 3.97. The first-order valence-corrected chi connectivity index (χ1v) is 6.28. The molecule has 1 atom stereocenters. The zero-order chi connectivity index (χ0) is 18.7. The molecule has 0 N–H and O–H groups in total. The van der Waals surface area contributed by atoms with E-state index in [1.807, 2.05) is 6.07 Å². The van der Waals surface area contributed by atoms with E-state index < -0.39 is 42.3 Å². The van der Waals surface area contributed by atoms with E-state index >= 15 is 0 Å². The summed E-state index contributed by atoms with van der Waals surface area (Å²) in [5.41, 5.74) is 0.537. The van der Waals surface area contributed by atoms with E-state index in [1.54, 1.807) is 24.3 Å². The molecular formula is C17H15ClO2. The molecule has 0 bridgehead atoms. The van der Waals surface area contributed by atoms with E-state index in [1.165, 1.54) is 6.08 Å². The second-order valence-electron chi connectivity index (χ2n) is 3.97. The number of ether oxygens (including phenoxy) is 1. The molecule has 102 valence electrons. The lowest BCUT2D eigenvalue weighted by molar-refractivity contribution is -0.144. The molecule has 0 heterocycles. The van der Waals surface area contributed by atoms with E-state index in [2.05, 4.69) is 0 Å². The van der Waals surface area contributed by atoms with Crippen molar-refractivity contribution < 1.29 is 16.4 Å². The number of esters is 1. The smallest absolute Gasteiger partial charge is 0.303 e. The van der Waals surface area contributed by atoms with Gasteiger partial charge in [0.1, 0.15) is 0 Å². The van der Waals surface area contributed by atoms with Gasteiger partial charge < -0.3 is 4.74 Å². The Kier molecular flexibility index (Phi) is 3.11. The molecule has 0 saturated heterocycles. The maximum Gasteiger partial charge on any atom is 0.303 e. The molecule has 0 aliphatic rings. The SMILES string of the molecule is [2H]c1c([2H])c([2H])c(C(OC(C)=O)/C(Cl)=C/c2ccccc2)c([2H])c1[2H]. The molecule has 3 heteroatoms. The van der Waals surface area contributed by atoms with Crippen LogP contribution in [0.1, 0.15) is 31.0 Å². The molecule has 0 aromatic heterocycles. The Hall–Kier alpha value is -2.06. The Labute approximate surface area is 130 Å². The quantitative estimate of drug-likeness (QED) is 0.771. The maximum atomic E-state index is 11.5. The van der Waals surface area contributed by atoms with Crippen molar-refractivity contribution in [1.29, 1.82) is 0 Å². The number of carbonyl (C=O) groups is 1. The van der Waals surface area contributed by atoms with Gasteiger partial charge in [-0.25, -0.2) is 0 Å². The summed E-state index contributed by atoms with van der Waals surface area (Å²) in [6, 6.07) is 6.48. The monoisotopic (exact) mass is 291 g/mol. The van der Waals surface area contributed by atoms with Gasteiger partial charge in [0.15, 0.2) is 6.10 Å². The number of carbonyl (C=O) groups excluding carboxylic acids is 1. The number of hydrogen-bond donors (Lipinski definition) is 0. The highest BCUT2D eigenvalue weighted by Gasteiger charge is 2.18. The van der Waals surface area contributed by atoms with Crippen LogP contribution in [-0.4, -0.2) is 5.97 Å². The molecule has 2 nitrogen and oxygen atoms in total. The van der Waals surface area contributed by atoms with Crippen molar-refractivity contribution in [1.82, 2.24) is 0 Å². The molecule has 0 amide bonds. The van der Waals surface area contributed by atoms with Crippen molar-refractivity contribution in [3.05, 3.63) is 76.7 Å². The van der Waals surface area contributed by atoms with Gasteiger partial charge >= 0.3 is 5.97 Å². The van der Waals surface area contributed by atoms with Crippen LogP contribution in [0.3, 0.4) is 0 Å². The van der Waals surface area contributed by atoms with Crippen molar-refractivity contribution in [2.75, 3.05) is 0 Å². The van der Waals surface area contributed by atoms with Crippen LogP contribution in [0.15, 0.2) is 65.6 Å². The highest BCUT2D eigenvalue weighted by Crippen LogP contribution is 2.30. The van der Waals surface area contributed by atoms with Crippen LogP contribution in [0.2, 0.25) is 0 Å². The maximum absolute atomic E-state index is 11.5. The number of hydrogen-bond acceptors (Lipinski definition) is 2. The molecule has 2 rings (SSSR count). The Morgan fingerprint density at radius 2 is 1.90 bits per heavy atom. The van der Waals surface area contributed by atoms with Crippen molar-refractivity contribution in [3.63, 3.8) is 0 Å². The Morgan fingerprint density at radius 1 is 1.25 bits per heavy atom. The predicted octanol–water partition coefficient (Wildman–Crippen LogP) is 4.57. The van der Waals surface area contributed by atoms with Gasteiger partial charge in [0.05, 0.1) is 11.9 Å². The minimum Gasteiger partial charge on any atom is -0.452 e. The molecule has 1 unspecified atom stereocenters. The topological polar surface area (TPSA) is 26.3 Å². The first-order chi connectivity index (χ1) is 11.7. The van der Waals surface area contributed by atoms with E-state index in [-0.39, 0.29) is 10.6 Å². The number of rotatable bonds is 4. The lowest BCUT2D eigenvalue weighted by atomic mass is 10.1. The van der Waals surface area contributed by atoms with Crippen molar-refractivity contribution >= 4 is 23.6 Å². The second-order valence-corrected chi connectivity index (χ2v) is 4.40. The average molecular weight is 292 g/mol. The van der Waals surface area contributed by atoms with Gasteiger partial charge in [0.25, 0.3) is 0 Å². The molecule has 0 aliphatic heterocycles. The Bertz CT molecular complexity index is 808. The van der Waals surface area contributed by atoms with Crippen LogP contribution < -0.4 is 0 Å². The summed E-state index contributed by atoms with van der Waals surface area (Å²) in [5, 5.41) is 0.0277. The summed E-state index contributed by atoms with van der Waals surface area (Å²) >= 11 is 6.30. The molecule has 20 heavy (non-hydrogen) atoms. The van der Waals surface area contributed by atoms with Gasteiger partial charge in [-0.2, -0.15) is 0 Å². The molecule has 0 aliphatic carbocycles. The van der Waals surface area contributed by atoms with Crippen molar-refractivity contribution in [3.8, 4) is 0 Å². The number of benzene rings is 2. The fourth-order valence-electron chi connectivity index (χ4n) is 1.59. The van der Waals surface area contributed by atoms with Crippen LogP contribution in [0.25, 0.3) is 6.08 Å². The second kappa shape index (κ2) is 6.92. The van der Waals surface area contributed by atoms with E-state index in [0.717, 1.165) is 12.5 Å². The third-order valence-corrected chi connectivity index (χ3v) is 2.73. The highest BCUT2D eigenvalue weighted by atomic mass is 35.5. The first kappa shape index (κ1) is 8.98. The standard InChI is InChI=1S/C17H15ClO2/c1-13(19)20-17(15-10-6-3-7-11-15)16(18)12-14-8-4-2-5-9-14/h2-12,17H,1H3/b16-12-/i3D,6D,7D,10D,11D. The third-order valence-electron chi connectivity index (χ3n) is 2.42. The molecule has 0 spiro atoms. The first-order valence-electron chi connectivity index (χ1n) is 8.40. The van der Waals surface area contributed by atoms with Gasteiger partial charge in [0.2, 0.25) is 0 Å². The predicted molar refractivity (Wildman–Crippen MR) is 81.2 cm³/mol. The van der Waals surface area contributed by atoms with E-state index in [0.29, 0.717) is 0 Å². The van der Waals surface area contributed by atoms with Crippen molar-refractivity contribution in [2.45, 2.75) is 13.0 Å². The lowest BCUT2D eigenvalue weighted by Crippen LogP contribution is -2.08. The molecule has 2 aromatic carbocycles. The molecule has 2 aromatic rings. The zero-order valence-electron chi connectivity index (χ0n) is 15.7. The average Bonchev–Trinajstić information content (AvgIpc) is 2.58. The fourth-order valence-corrected chi connectivity index (χ4v) is 1.87. The molecule has 0 radical (unpaired) electrons. The van der Waals surface area contributed by atoms with Crippen LogP contribution >= 0.6 is 11.6 Å².